The van der Waals surface area contributed by atoms with Crippen LogP contribution in [0.5, 0.6) is 0 Å². The topological polar surface area (TPSA) is 15.3 Å². The maximum atomic E-state index is 3.67. The largest absolute Gasteiger partial charge is 0.313 e. The van der Waals surface area contributed by atoms with Crippen LogP contribution in [0, 0.1) is 5.92 Å². The summed E-state index contributed by atoms with van der Waals surface area (Å²) in [5, 5.41) is 3.67. The summed E-state index contributed by atoms with van der Waals surface area (Å²) in [6.07, 6.45) is 8.23. The molecule has 0 amide bonds. The Balaban J connectivity index is 2.33. The lowest BCUT2D eigenvalue weighted by atomic mass is 10.0. The van der Waals surface area contributed by atoms with Gasteiger partial charge in [-0.25, -0.2) is 0 Å². The van der Waals surface area contributed by atoms with Crippen LogP contribution >= 0.6 is 0 Å². The van der Waals surface area contributed by atoms with Crippen molar-refractivity contribution in [1.29, 1.82) is 0 Å². The molecule has 1 fully saturated rings. The Labute approximate surface area is 101 Å². The van der Waals surface area contributed by atoms with Crippen molar-refractivity contribution in [3.8, 4) is 0 Å². The van der Waals surface area contributed by atoms with Gasteiger partial charge in [0.1, 0.15) is 0 Å². The fourth-order valence-electron chi connectivity index (χ4n) is 2.43. The molecule has 0 spiro atoms. The van der Waals surface area contributed by atoms with Crippen LogP contribution < -0.4 is 5.32 Å². The molecule has 1 aliphatic rings. The number of nitrogens with one attached hydrogen (secondary N) is 1. The molecule has 1 atom stereocenters. The van der Waals surface area contributed by atoms with E-state index in [4.69, 9.17) is 0 Å². The van der Waals surface area contributed by atoms with Crippen LogP contribution in [0.4, 0.5) is 0 Å². The van der Waals surface area contributed by atoms with Crippen molar-refractivity contribution < 1.29 is 0 Å². The summed E-state index contributed by atoms with van der Waals surface area (Å²) >= 11 is 0. The molecule has 1 aliphatic heterocycles. The van der Waals surface area contributed by atoms with E-state index in [0.29, 0.717) is 6.04 Å². The van der Waals surface area contributed by atoms with Gasteiger partial charge < -0.3 is 10.2 Å². The van der Waals surface area contributed by atoms with Crippen molar-refractivity contribution in [3.05, 3.63) is 12.2 Å². The van der Waals surface area contributed by atoms with E-state index in [1.54, 1.807) is 0 Å². The van der Waals surface area contributed by atoms with E-state index in [9.17, 15) is 0 Å². The van der Waals surface area contributed by atoms with Crippen LogP contribution in [0.1, 0.15) is 40.0 Å². The van der Waals surface area contributed by atoms with E-state index >= 15 is 0 Å². The summed E-state index contributed by atoms with van der Waals surface area (Å²) in [5.41, 5.74) is 0. The Hall–Kier alpha value is -0.340. The molecule has 0 saturated carbocycles. The molecular weight excluding hydrogens is 196 g/mol. The van der Waals surface area contributed by atoms with Gasteiger partial charge in [-0.15, -0.1) is 0 Å². The van der Waals surface area contributed by atoms with Crippen LogP contribution in [0.2, 0.25) is 0 Å². The van der Waals surface area contributed by atoms with Gasteiger partial charge in [0, 0.05) is 19.1 Å². The average molecular weight is 224 g/mol. The number of hydrogen-bond donors (Lipinski definition) is 1. The second-order valence-corrected chi connectivity index (χ2v) is 5.29. The first-order chi connectivity index (χ1) is 7.72. The highest BCUT2D eigenvalue weighted by molar-refractivity contribution is 4.81. The van der Waals surface area contributed by atoms with Crippen molar-refractivity contribution in [2.24, 2.45) is 5.92 Å². The first-order valence-electron chi connectivity index (χ1n) is 6.79. The fourth-order valence-corrected chi connectivity index (χ4v) is 2.43. The molecule has 0 aromatic rings. The summed E-state index contributed by atoms with van der Waals surface area (Å²) in [6.45, 7) is 11.6. The molecule has 16 heavy (non-hydrogen) atoms. The highest BCUT2D eigenvalue weighted by atomic mass is 15.2. The van der Waals surface area contributed by atoms with Crippen LogP contribution in [0.3, 0.4) is 0 Å². The van der Waals surface area contributed by atoms with Gasteiger partial charge >= 0.3 is 0 Å². The highest BCUT2D eigenvalue weighted by Crippen LogP contribution is 2.10. The fraction of sp³-hybridized carbons (Fsp3) is 0.857. The second-order valence-electron chi connectivity index (χ2n) is 5.29. The Morgan fingerprint density at radius 1 is 1.44 bits per heavy atom. The molecule has 1 unspecified atom stereocenters. The lowest BCUT2D eigenvalue weighted by Crippen LogP contribution is -2.38. The van der Waals surface area contributed by atoms with Crippen LogP contribution in [0.15, 0.2) is 12.2 Å². The predicted molar refractivity (Wildman–Crippen MR) is 71.7 cm³/mol. The number of rotatable bonds is 5. The van der Waals surface area contributed by atoms with E-state index in [1.165, 1.54) is 45.4 Å². The van der Waals surface area contributed by atoms with Gasteiger partial charge in [0.15, 0.2) is 0 Å². The number of nitrogens with zero attached hydrogens (tertiary/aromatic N) is 1. The average Bonchev–Trinajstić information content (AvgIpc) is 2.43. The van der Waals surface area contributed by atoms with Gasteiger partial charge in [-0.2, -0.15) is 0 Å². The third-order valence-corrected chi connectivity index (χ3v) is 3.17. The molecular formula is C14H28N2. The smallest absolute Gasteiger partial charge is 0.0197 e. The van der Waals surface area contributed by atoms with Gasteiger partial charge in [0.2, 0.25) is 0 Å². The molecule has 1 heterocycles. The highest BCUT2D eigenvalue weighted by Gasteiger charge is 2.17. The molecule has 2 nitrogen and oxygen atoms in total. The lowest BCUT2D eigenvalue weighted by molar-refractivity contribution is 0.259. The molecule has 0 aliphatic carbocycles. The van der Waals surface area contributed by atoms with E-state index < -0.39 is 0 Å². The Morgan fingerprint density at radius 3 is 2.94 bits per heavy atom. The number of hydrogen-bond acceptors (Lipinski definition) is 2. The first-order valence-corrected chi connectivity index (χ1v) is 6.79. The zero-order chi connectivity index (χ0) is 11.8. The van der Waals surface area contributed by atoms with Crippen molar-refractivity contribution >= 4 is 0 Å². The Bertz CT molecular complexity index is 199. The summed E-state index contributed by atoms with van der Waals surface area (Å²) in [6, 6.07) is 0.702. The first kappa shape index (κ1) is 13.7. The zero-order valence-electron chi connectivity index (χ0n) is 11.2. The van der Waals surface area contributed by atoms with Gasteiger partial charge in [-0.05, 0) is 45.2 Å². The molecule has 0 aromatic heterocycles. The van der Waals surface area contributed by atoms with Gasteiger partial charge in [-0.3, -0.25) is 0 Å². The molecule has 1 saturated heterocycles. The van der Waals surface area contributed by atoms with Crippen molar-refractivity contribution in [2.75, 3.05) is 26.2 Å². The van der Waals surface area contributed by atoms with Gasteiger partial charge in [0.25, 0.3) is 0 Å². The zero-order valence-corrected chi connectivity index (χ0v) is 11.2. The minimum atomic E-state index is 0.702. The maximum Gasteiger partial charge on any atom is 0.0197 e. The molecule has 1 N–H and O–H groups in total. The predicted octanol–water partition coefficient (Wildman–Crippen LogP) is 2.66. The molecule has 0 bridgehead atoms. The molecule has 1 rings (SSSR count). The van der Waals surface area contributed by atoms with E-state index in [-0.39, 0.29) is 0 Å². The lowest BCUT2D eigenvalue weighted by Gasteiger charge is -2.25. The SMILES string of the molecule is C/C=C/CCN1CCCNC(CC(C)C)C1. The minimum Gasteiger partial charge on any atom is -0.313 e. The molecule has 2 heteroatoms. The van der Waals surface area contributed by atoms with Crippen molar-refractivity contribution in [1.82, 2.24) is 10.2 Å². The standard InChI is InChI=1S/C14H28N2/c1-4-5-6-9-16-10-7-8-15-14(12-16)11-13(2)3/h4-5,13-15H,6-12H2,1-3H3/b5-4+. The monoisotopic (exact) mass is 224 g/mol. The third kappa shape index (κ3) is 5.66. The minimum absolute atomic E-state index is 0.702. The second kappa shape index (κ2) is 7.86. The number of allylic oxidation sites excluding steroid dienone is 1. The van der Waals surface area contributed by atoms with E-state index in [0.717, 1.165) is 5.92 Å². The summed E-state index contributed by atoms with van der Waals surface area (Å²) in [4.78, 5) is 2.62. The van der Waals surface area contributed by atoms with Crippen molar-refractivity contribution in [2.45, 2.75) is 46.1 Å². The Kier molecular flexibility index (Phi) is 6.74. The maximum absolute atomic E-state index is 3.67. The Morgan fingerprint density at radius 2 is 2.25 bits per heavy atom. The third-order valence-electron chi connectivity index (χ3n) is 3.17. The quantitative estimate of drug-likeness (QED) is 0.722. The van der Waals surface area contributed by atoms with Crippen LogP contribution in [-0.2, 0) is 0 Å². The van der Waals surface area contributed by atoms with Crippen LogP contribution in [0.25, 0.3) is 0 Å². The van der Waals surface area contributed by atoms with E-state index in [2.05, 4.69) is 43.1 Å². The molecule has 0 radical (unpaired) electrons. The van der Waals surface area contributed by atoms with E-state index in [1.807, 2.05) is 0 Å². The van der Waals surface area contributed by atoms with Crippen molar-refractivity contribution in [3.63, 3.8) is 0 Å². The summed E-state index contributed by atoms with van der Waals surface area (Å²) < 4.78 is 0. The van der Waals surface area contributed by atoms with Gasteiger partial charge in [0.05, 0.1) is 0 Å². The molecule has 0 aromatic carbocycles. The van der Waals surface area contributed by atoms with Crippen LogP contribution in [-0.4, -0.2) is 37.1 Å². The normalized spacial score (nSPS) is 24.1. The summed E-state index contributed by atoms with van der Waals surface area (Å²) in [5.74, 6) is 0.799. The molecule has 94 valence electrons. The summed E-state index contributed by atoms with van der Waals surface area (Å²) in [7, 11) is 0. The van der Waals surface area contributed by atoms with Gasteiger partial charge in [-0.1, -0.05) is 26.0 Å².